The van der Waals surface area contributed by atoms with Crippen LogP contribution < -0.4 is 10.6 Å². The molecule has 0 radical (unpaired) electrons. The molecule has 6 heteroatoms. The maximum Gasteiger partial charge on any atom is 0.249 e. The van der Waals surface area contributed by atoms with Gasteiger partial charge in [-0.2, -0.15) is 0 Å². The van der Waals surface area contributed by atoms with Crippen LogP contribution in [0, 0.1) is 0 Å². The second-order valence-electron chi connectivity index (χ2n) is 6.62. The van der Waals surface area contributed by atoms with Crippen LogP contribution >= 0.6 is 0 Å². The van der Waals surface area contributed by atoms with E-state index in [1.165, 1.54) is 0 Å². The van der Waals surface area contributed by atoms with Crippen LogP contribution in [0.1, 0.15) is 49.9 Å². The van der Waals surface area contributed by atoms with Gasteiger partial charge < -0.3 is 10.6 Å². The molecule has 24 heavy (non-hydrogen) atoms. The number of piperidine rings is 1. The van der Waals surface area contributed by atoms with E-state index in [0.717, 1.165) is 37.2 Å². The molecule has 2 N–H and O–H groups in total. The smallest absolute Gasteiger partial charge is 0.249 e. The Morgan fingerprint density at radius 1 is 1.25 bits per heavy atom. The number of nitrogens with zero attached hydrogens (tertiary/aromatic N) is 3. The number of amides is 1. The normalized spacial score (nSPS) is 17.0. The first kappa shape index (κ1) is 16.6. The zero-order valence-electron chi connectivity index (χ0n) is 14.3. The molecule has 2 heterocycles. The van der Waals surface area contributed by atoms with Crippen LogP contribution in [0.5, 0.6) is 0 Å². The molecule has 128 valence electrons. The van der Waals surface area contributed by atoms with Crippen molar-refractivity contribution in [3.8, 4) is 0 Å². The predicted molar refractivity (Wildman–Crippen MR) is 92.7 cm³/mol. The molecule has 1 aliphatic heterocycles. The molecule has 0 bridgehead atoms. The van der Waals surface area contributed by atoms with Gasteiger partial charge in [-0.05, 0) is 45.3 Å². The van der Waals surface area contributed by atoms with Crippen molar-refractivity contribution in [2.24, 2.45) is 0 Å². The lowest BCUT2D eigenvalue weighted by atomic mass is 9.95. The van der Waals surface area contributed by atoms with Gasteiger partial charge in [0.1, 0.15) is 0 Å². The van der Waals surface area contributed by atoms with Gasteiger partial charge in [0, 0.05) is 12.0 Å². The number of nitrogens with one attached hydrogen (secondary N) is 2. The summed E-state index contributed by atoms with van der Waals surface area (Å²) >= 11 is 0. The van der Waals surface area contributed by atoms with Gasteiger partial charge in [0.2, 0.25) is 5.91 Å². The minimum atomic E-state index is -0.489. The molecular weight excluding hydrogens is 302 g/mol. The fourth-order valence-corrected chi connectivity index (χ4v) is 3.14. The fourth-order valence-electron chi connectivity index (χ4n) is 3.14. The topological polar surface area (TPSA) is 71.8 Å². The zero-order valence-corrected chi connectivity index (χ0v) is 14.3. The van der Waals surface area contributed by atoms with Gasteiger partial charge in [-0.3, -0.25) is 4.79 Å². The Balaban J connectivity index is 1.88. The van der Waals surface area contributed by atoms with Gasteiger partial charge in [-0.25, -0.2) is 4.68 Å². The Morgan fingerprint density at radius 2 is 1.96 bits per heavy atom. The molecule has 0 aliphatic carbocycles. The summed E-state index contributed by atoms with van der Waals surface area (Å²) in [6.07, 6.45) is 4.06. The zero-order chi connectivity index (χ0) is 16.9. The molecule has 0 saturated carbocycles. The minimum absolute atomic E-state index is 0.0574. The monoisotopic (exact) mass is 327 g/mol. The molecule has 1 aromatic carbocycles. The van der Waals surface area contributed by atoms with Gasteiger partial charge >= 0.3 is 0 Å². The molecule has 1 aliphatic rings. The molecule has 1 amide bonds. The summed E-state index contributed by atoms with van der Waals surface area (Å²) in [5.74, 6) is 0.363. The van der Waals surface area contributed by atoms with Crippen LogP contribution in [0.25, 0.3) is 0 Å². The fraction of sp³-hybridized carbons (Fsp3) is 0.500. The van der Waals surface area contributed by atoms with Crippen molar-refractivity contribution in [1.82, 2.24) is 25.6 Å². The average Bonchev–Trinajstić information content (AvgIpc) is 3.06. The number of carbonyl (C=O) groups excluding carboxylic acids is 1. The highest BCUT2D eigenvalue weighted by molar-refractivity contribution is 5.83. The van der Waals surface area contributed by atoms with Gasteiger partial charge in [0.05, 0.1) is 11.9 Å². The molecular formula is C18H25N5O. The van der Waals surface area contributed by atoms with Crippen molar-refractivity contribution < 1.29 is 4.79 Å². The van der Waals surface area contributed by atoms with Crippen LogP contribution in [0.2, 0.25) is 0 Å². The van der Waals surface area contributed by atoms with Crippen molar-refractivity contribution in [2.75, 3.05) is 13.1 Å². The van der Waals surface area contributed by atoms with E-state index in [1.807, 2.05) is 50.4 Å². The summed E-state index contributed by atoms with van der Waals surface area (Å²) in [5.41, 5.74) is 1.90. The maximum atomic E-state index is 12.7. The van der Waals surface area contributed by atoms with E-state index in [2.05, 4.69) is 20.9 Å². The number of hydrogen-bond donors (Lipinski definition) is 2. The van der Waals surface area contributed by atoms with Crippen molar-refractivity contribution >= 4 is 5.91 Å². The third-order valence-corrected chi connectivity index (χ3v) is 4.34. The lowest BCUT2D eigenvalue weighted by Gasteiger charge is -2.21. The van der Waals surface area contributed by atoms with E-state index in [4.69, 9.17) is 0 Å². The molecule has 6 nitrogen and oxygen atoms in total. The third-order valence-electron chi connectivity index (χ3n) is 4.34. The Kier molecular flexibility index (Phi) is 5.25. The van der Waals surface area contributed by atoms with Crippen LogP contribution in [0.3, 0.4) is 0 Å². The summed E-state index contributed by atoms with van der Waals surface area (Å²) in [4.78, 5) is 12.7. The van der Waals surface area contributed by atoms with E-state index in [-0.39, 0.29) is 11.9 Å². The summed E-state index contributed by atoms with van der Waals surface area (Å²) in [6, 6.07) is 9.33. The maximum absolute atomic E-state index is 12.7. The summed E-state index contributed by atoms with van der Waals surface area (Å²) in [5, 5.41) is 15.0. The standard InChI is InChI=1S/C18H25N5O/c1-13(2)20-18(24)17(15-6-4-3-5-7-15)23-12-16(21-22-23)14-8-10-19-11-9-14/h3-7,12-14,17,19H,8-11H2,1-2H3,(H,20,24). The molecule has 1 aromatic heterocycles. The molecule has 1 saturated heterocycles. The van der Waals surface area contributed by atoms with Crippen LogP contribution in [0.4, 0.5) is 0 Å². The average molecular weight is 327 g/mol. The SMILES string of the molecule is CC(C)NC(=O)C(c1ccccc1)n1cc(C2CCNCC2)nn1. The van der Waals surface area contributed by atoms with Crippen molar-refractivity contribution in [3.05, 3.63) is 47.8 Å². The van der Waals surface area contributed by atoms with E-state index < -0.39 is 6.04 Å². The first-order valence-electron chi connectivity index (χ1n) is 8.63. The van der Waals surface area contributed by atoms with Crippen molar-refractivity contribution in [3.63, 3.8) is 0 Å². The summed E-state index contributed by atoms with van der Waals surface area (Å²) < 4.78 is 1.70. The highest BCUT2D eigenvalue weighted by Gasteiger charge is 2.26. The second-order valence-corrected chi connectivity index (χ2v) is 6.62. The number of benzene rings is 1. The lowest BCUT2D eigenvalue weighted by molar-refractivity contribution is -0.124. The molecule has 3 rings (SSSR count). The van der Waals surface area contributed by atoms with Crippen molar-refractivity contribution in [2.45, 2.75) is 44.7 Å². The Hall–Kier alpha value is -2.21. The highest BCUT2D eigenvalue weighted by Crippen LogP contribution is 2.25. The lowest BCUT2D eigenvalue weighted by Crippen LogP contribution is -2.37. The molecule has 0 spiro atoms. The summed E-state index contributed by atoms with van der Waals surface area (Å²) in [6.45, 7) is 5.93. The van der Waals surface area contributed by atoms with E-state index in [9.17, 15) is 4.79 Å². The first-order valence-corrected chi connectivity index (χ1v) is 8.63. The second kappa shape index (κ2) is 7.57. The quantitative estimate of drug-likeness (QED) is 0.879. The number of carbonyl (C=O) groups is 1. The summed E-state index contributed by atoms with van der Waals surface area (Å²) in [7, 11) is 0. The number of aromatic nitrogens is 3. The van der Waals surface area contributed by atoms with Gasteiger partial charge in [0.15, 0.2) is 6.04 Å². The predicted octanol–water partition coefficient (Wildman–Crippen LogP) is 1.86. The van der Waals surface area contributed by atoms with Gasteiger partial charge in [-0.15, -0.1) is 5.10 Å². The minimum Gasteiger partial charge on any atom is -0.352 e. The third kappa shape index (κ3) is 3.82. The largest absolute Gasteiger partial charge is 0.352 e. The molecule has 1 fully saturated rings. The number of rotatable bonds is 5. The Bertz CT molecular complexity index is 661. The van der Waals surface area contributed by atoms with Crippen LogP contribution in [-0.4, -0.2) is 40.0 Å². The molecule has 2 aromatic rings. The van der Waals surface area contributed by atoms with Gasteiger partial charge in [-0.1, -0.05) is 35.5 Å². The van der Waals surface area contributed by atoms with E-state index in [0.29, 0.717) is 5.92 Å². The Morgan fingerprint density at radius 3 is 2.62 bits per heavy atom. The van der Waals surface area contributed by atoms with Crippen LogP contribution in [0.15, 0.2) is 36.5 Å². The van der Waals surface area contributed by atoms with E-state index >= 15 is 0 Å². The van der Waals surface area contributed by atoms with Crippen LogP contribution in [-0.2, 0) is 4.79 Å². The van der Waals surface area contributed by atoms with Crippen molar-refractivity contribution in [1.29, 1.82) is 0 Å². The van der Waals surface area contributed by atoms with E-state index in [1.54, 1.807) is 4.68 Å². The van der Waals surface area contributed by atoms with Gasteiger partial charge in [0.25, 0.3) is 0 Å². The molecule has 1 atom stereocenters. The highest BCUT2D eigenvalue weighted by atomic mass is 16.2. The Labute approximate surface area is 142 Å². The number of hydrogen-bond acceptors (Lipinski definition) is 4. The molecule has 1 unspecified atom stereocenters. The first-order chi connectivity index (χ1) is 11.6.